The lowest BCUT2D eigenvalue weighted by Crippen LogP contribution is -2.41. The van der Waals surface area contributed by atoms with E-state index in [2.05, 4.69) is 26.1 Å². The minimum absolute atomic E-state index is 0.359. The van der Waals surface area contributed by atoms with Crippen LogP contribution in [-0.2, 0) is 0 Å². The number of hydrogen-bond donors (Lipinski definition) is 2. The first-order valence-corrected chi connectivity index (χ1v) is 6.03. The van der Waals surface area contributed by atoms with Crippen LogP contribution >= 0.6 is 0 Å². The Morgan fingerprint density at radius 3 is 2.43 bits per heavy atom. The highest BCUT2D eigenvalue weighted by Crippen LogP contribution is 2.28. The smallest absolute Gasteiger partial charge is 0.0159 e. The van der Waals surface area contributed by atoms with E-state index >= 15 is 0 Å². The van der Waals surface area contributed by atoms with Crippen LogP contribution in [0.15, 0.2) is 0 Å². The molecule has 1 aliphatic heterocycles. The van der Waals surface area contributed by atoms with Gasteiger partial charge in [-0.15, -0.1) is 0 Å². The average molecular weight is 200 g/mol. The van der Waals surface area contributed by atoms with Crippen molar-refractivity contribution in [3.8, 4) is 0 Å². The van der Waals surface area contributed by atoms with Crippen molar-refractivity contribution in [1.82, 2.24) is 5.32 Å². The van der Waals surface area contributed by atoms with E-state index in [1.165, 1.54) is 19.3 Å². The lowest BCUT2D eigenvalue weighted by atomic mass is 9.89. The summed E-state index contributed by atoms with van der Waals surface area (Å²) in [5.41, 5.74) is 5.98. The van der Waals surface area contributed by atoms with Crippen LogP contribution < -0.4 is 11.1 Å². The van der Waals surface area contributed by atoms with Gasteiger partial charge in [0.15, 0.2) is 0 Å². The Morgan fingerprint density at radius 1 is 1.50 bits per heavy atom. The molecule has 1 rings (SSSR count). The van der Waals surface area contributed by atoms with E-state index in [1.807, 2.05) is 13.8 Å². The van der Waals surface area contributed by atoms with E-state index in [0.29, 0.717) is 17.5 Å². The van der Waals surface area contributed by atoms with E-state index in [4.69, 9.17) is 5.73 Å². The minimum Gasteiger partial charge on any atom is -0.330 e. The predicted octanol–water partition coefficient (Wildman–Crippen LogP) is 2.53. The molecule has 0 saturated carbocycles. The highest BCUT2D eigenvalue weighted by Gasteiger charge is 2.32. The van der Waals surface area contributed by atoms with Gasteiger partial charge < -0.3 is 11.1 Å². The fourth-order valence-corrected chi connectivity index (χ4v) is 2.29. The molecule has 14 heavy (non-hydrogen) atoms. The Kier molecular flexibility index (Phi) is 6.38. The maximum Gasteiger partial charge on any atom is 0.0159 e. The van der Waals surface area contributed by atoms with E-state index in [0.717, 1.165) is 6.54 Å². The van der Waals surface area contributed by atoms with Crippen molar-refractivity contribution in [3.63, 3.8) is 0 Å². The van der Waals surface area contributed by atoms with Gasteiger partial charge >= 0.3 is 0 Å². The van der Waals surface area contributed by atoms with Gasteiger partial charge in [0.2, 0.25) is 0 Å². The maximum absolute atomic E-state index is 5.62. The van der Waals surface area contributed by atoms with Gasteiger partial charge in [0, 0.05) is 11.6 Å². The topological polar surface area (TPSA) is 38.0 Å². The first-order valence-electron chi connectivity index (χ1n) is 6.03. The van der Waals surface area contributed by atoms with Crippen LogP contribution in [0.5, 0.6) is 0 Å². The zero-order valence-corrected chi connectivity index (χ0v) is 10.6. The summed E-state index contributed by atoms with van der Waals surface area (Å²) in [7, 11) is 0. The van der Waals surface area contributed by atoms with Crippen LogP contribution in [0.4, 0.5) is 0 Å². The van der Waals surface area contributed by atoms with Gasteiger partial charge in [0.1, 0.15) is 0 Å². The highest BCUT2D eigenvalue weighted by molar-refractivity contribution is 4.93. The van der Waals surface area contributed by atoms with Crippen LogP contribution in [-0.4, -0.2) is 18.1 Å². The number of nitrogens with two attached hydrogens (primary N) is 1. The van der Waals surface area contributed by atoms with Gasteiger partial charge in [-0.3, -0.25) is 0 Å². The molecule has 3 unspecified atom stereocenters. The van der Waals surface area contributed by atoms with Crippen LogP contribution in [0.1, 0.15) is 53.9 Å². The van der Waals surface area contributed by atoms with Gasteiger partial charge in [-0.25, -0.2) is 0 Å². The van der Waals surface area contributed by atoms with E-state index < -0.39 is 0 Å². The average Bonchev–Trinajstić information content (AvgIpc) is 2.49. The molecular weight excluding hydrogens is 172 g/mol. The Hall–Kier alpha value is -0.0800. The number of hydrogen-bond acceptors (Lipinski definition) is 2. The third kappa shape index (κ3) is 4.43. The SMILES string of the molecule is CC.CC(CN)CC1(C)CCC(C)N1. The monoisotopic (exact) mass is 200 g/mol. The summed E-state index contributed by atoms with van der Waals surface area (Å²) in [6.45, 7) is 11.6. The van der Waals surface area contributed by atoms with Crippen LogP contribution in [0.2, 0.25) is 0 Å². The van der Waals surface area contributed by atoms with Crippen molar-refractivity contribution in [2.24, 2.45) is 11.7 Å². The first kappa shape index (κ1) is 13.9. The number of nitrogens with one attached hydrogen (secondary N) is 1. The third-order valence-corrected chi connectivity index (χ3v) is 2.93. The van der Waals surface area contributed by atoms with E-state index in [9.17, 15) is 0 Å². The van der Waals surface area contributed by atoms with Gasteiger partial charge in [-0.2, -0.15) is 0 Å². The summed E-state index contributed by atoms with van der Waals surface area (Å²) in [5, 5.41) is 3.64. The lowest BCUT2D eigenvalue weighted by Gasteiger charge is -2.28. The molecule has 2 nitrogen and oxygen atoms in total. The summed E-state index contributed by atoms with van der Waals surface area (Å²) < 4.78 is 0. The minimum atomic E-state index is 0.359. The van der Waals surface area contributed by atoms with Crippen molar-refractivity contribution in [1.29, 1.82) is 0 Å². The molecule has 0 amide bonds. The van der Waals surface area contributed by atoms with Gasteiger partial charge in [-0.1, -0.05) is 20.8 Å². The van der Waals surface area contributed by atoms with Crippen molar-refractivity contribution in [2.75, 3.05) is 6.54 Å². The van der Waals surface area contributed by atoms with Crippen molar-refractivity contribution in [3.05, 3.63) is 0 Å². The Labute approximate surface area is 89.6 Å². The standard InChI is InChI=1S/C10H22N2.C2H6/c1-8(7-11)6-10(3)5-4-9(2)12-10;1-2/h8-9,12H,4-7,11H2,1-3H3;1-2H3. The first-order chi connectivity index (χ1) is 6.56. The molecule has 0 aromatic heterocycles. The van der Waals surface area contributed by atoms with Gasteiger partial charge in [0.05, 0.1) is 0 Å². The fraction of sp³-hybridized carbons (Fsp3) is 1.00. The quantitative estimate of drug-likeness (QED) is 0.734. The molecule has 1 aliphatic rings. The molecule has 86 valence electrons. The second-order valence-electron chi connectivity index (χ2n) is 4.69. The lowest BCUT2D eigenvalue weighted by molar-refractivity contribution is 0.314. The zero-order valence-electron chi connectivity index (χ0n) is 10.6. The molecule has 0 spiro atoms. The molecule has 3 N–H and O–H groups in total. The van der Waals surface area contributed by atoms with Crippen LogP contribution in [0, 0.1) is 5.92 Å². The summed E-state index contributed by atoms with van der Waals surface area (Å²) in [5.74, 6) is 0.646. The fourth-order valence-electron chi connectivity index (χ4n) is 2.29. The third-order valence-electron chi connectivity index (χ3n) is 2.93. The molecule has 1 heterocycles. The van der Waals surface area contributed by atoms with Crippen LogP contribution in [0.3, 0.4) is 0 Å². The summed E-state index contributed by atoms with van der Waals surface area (Å²) >= 11 is 0. The zero-order chi connectivity index (χ0) is 11.2. The van der Waals surface area contributed by atoms with Crippen molar-refractivity contribution >= 4 is 0 Å². The molecule has 1 fully saturated rings. The van der Waals surface area contributed by atoms with E-state index in [-0.39, 0.29) is 0 Å². The molecule has 2 heteroatoms. The largest absolute Gasteiger partial charge is 0.330 e. The summed E-state index contributed by atoms with van der Waals surface area (Å²) in [6, 6.07) is 0.694. The Bertz CT molecular complexity index is 147. The second kappa shape index (κ2) is 6.41. The molecule has 0 aromatic rings. The summed E-state index contributed by atoms with van der Waals surface area (Å²) in [4.78, 5) is 0. The van der Waals surface area contributed by atoms with Gasteiger partial charge in [0.25, 0.3) is 0 Å². The molecule has 0 aliphatic carbocycles. The van der Waals surface area contributed by atoms with Gasteiger partial charge in [-0.05, 0) is 45.6 Å². The molecule has 0 radical (unpaired) electrons. The van der Waals surface area contributed by atoms with E-state index in [1.54, 1.807) is 0 Å². The number of rotatable bonds is 3. The maximum atomic E-state index is 5.62. The molecule has 0 aromatic carbocycles. The van der Waals surface area contributed by atoms with Crippen LogP contribution in [0.25, 0.3) is 0 Å². The normalized spacial score (nSPS) is 33.4. The highest BCUT2D eigenvalue weighted by atomic mass is 15.0. The van der Waals surface area contributed by atoms with Crippen molar-refractivity contribution in [2.45, 2.75) is 65.5 Å². The molecule has 3 atom stereocenters. The Balaban J connectivity index is 0.000000791. The molecular formula is C12H28N2. The molecule has 1 saturated heterocycles. The second-order valence-corrected chi connectivity index (χ2v) is 4.69. The Morgan fingerprint density at radius 2 is 2.07 bits per heavy atom. The summed E-state index contributed by atoms with van der Waals surface area (Å²) in [6.07, 6.45) is 3.83. The molecule has 0 bridgehead atoms. The predicted molar refractivity (Wildman–Crippen MR) is 64.4 cm³/mol. The van der Waals surface area contributed by atoms with Crippen molar-refractivity contribution < 1.29 is 0 Å².